The average Bonchev–Trinajstić information content (AvgIpc) is 3.31. The van der Waals surface area contributed by atoms with E-state index in [4.69, 9.17) is 4.74 Å². The highest BCUT2D eigenvalue weighted by Gasteiger charge is 2.22. The fraction of sp³-hybridized carbons (Fsp3) is 0.130. The van der Waals surface area contributed by atoms with Gasteiger partial charge in [0.2, 0.25) is 5.95 Å². The Bertz CT molecular complexity index is 1650. The van der Waals surface area contributed by atoms with Crippen molar-refractivity contribution in [3.05, 3.63) is 72.7 Å². The summed E-state index contributed by atoms with van der Waals surface area (Å²) in [5, 5.41) is 6.32. The summed E-state index contributed by atoms with van der Waals surface area (Å²) in [7, 11) is -5.68. The highest BCUT2D eigenvalue weighted by Crippen LogP contribution is 2.26. The van der Waals surface area contributed by atoms with Crippen LogP contribution in [0.15, 0.2) is 76.9 Å². The van der Waals surface area contributed by atoms with Gasteiger partial charge in [-0.2, -0.15) is 5.10 Å². The van der Waals surface area contributed by atoms with Crippen LogP contribution in [0.3, 0.4) is 0 Å². The van der Waals surface area contributed by atoms with Crippen LogP contribution in [0.1, 0.15) is 10.5 Å². The Hall–Kier alpha value is -4.10. The van der Waals surface area contributed by atoms with E-state index in [0.29, 0.717) is 22.6 Å². The lowest BCUT2D eigenvalue weighted by molar-refractivity contribution is 0.101. The van der Waals surface area contributed by atoms with Crippen LogP contribution in [0.25, 0.3) is 16.8 Å². The Kier molecular flexibility index (Phi) is 6.61. The van der Waals surface area contributed by atoms with Crippen LogP contribution in [0, 0.1) is 0 Å². The van der Waals surface area contributed by atoms with Gasteiger partial charge in [0.05, 0.1) is 17.7 Å². The lowest BCUT2D eigenvalue weighted by Gasteiger charge is -2.10. The molecule has 1 N–H and O–H groups in total. The Balaban J connectivity index is 1.66. The highest BCUT2D eigenvalue weighted by molar-refractivity contribution is 7.91. The van der Waals surface area contributed by atoms with Gasteiger partial charge in [-0.25, -0.2) is 31.5 Å². The molecule has 13 heteroatoms. The van der Waals surface area contributed by atoms with Crippen LogP contribution in [-0.4, -0.2) is 62.1 Å². The average molecular weight is 528 g/mol. The first-order chi connectivity index (χ1) is 17.0. The number of sulfone groups is 2. The molecule has 0 saturated heterocycles. The van der Waals surface area contributed by atoms with E-state index in [9.17, 15) is 21.6 Å². The molecule has 36 heavy (non-hydrogen) atoms. The van der Waals surface area contributed by atoms with Crippen molar-refractivity contribution in [1.82, 2.24) is 19.7 Å². The van der Waals surface area contributed by atoms with Gasteiger partial charge < -0.3 is 4.74 Å². The third-order valence-electron chi connectivity index (χ3n) is 5.09. The standard InChI is InChI=1S/C23H21N5O6S2/c1-34-17-10-8-16(9-11-17)28-19(12-21(27-28)36(3,32)33)22(29)26-23-24-13-15(14-25-23)18-6-4-5-7-20(18)35(2,30)31/h4-14H,1-3H3,(H,24,25,26,29). The van der Waals surface area contributed by atoms with Gasteiger partial charge in [-0.15, -0.1) is 0 Å². The number of carbonyl (C=O) groups is 1. The topological polar surface area (TPSA) is 150 Å². The Morgan fingerprint density at radius 1 is 0.917 bits per heavy atom. The number of anilines is 1. The normalized spacial score (nSPS) is 11.8. The van der Waals surface area contributed by atoms with Gasteiger partial charge in [0, 0.05) is 42.1 Å². The number of nitrogens with zero attached hydrogens (tertiary/aromatic N) is 4. The van der Waals surface area contributed by atoms with Crippen molar-refractivity contribution in [3.8, 4) is 22.6 Å². The number of amides is 1. The second kappa shape index (κ2) is 9.51. The van der Waals surface area contributed by atoms with Crippen molar-refractivity contribution in [1.29, 1.82) is 0 Å². The summed E-state index contributed by atoms with van der Waals surface area (Å²) in [6.07, 6.45) is 4.87. The minimum Gasteiger partial charge on any atom is -0.497 e. The second-order valence-corrected chi connectivity index (χ2v) is 11.7. The van der Waals surface area contributed by atoms with Gasteiger partial charge in [0.25, 0.3) is 5.91 Å². The molecule has 0 bridgehead atoms. The van der Waals surface area contributed by atoms with Crippen LogP contribution in [-0.2, 0) is 19.7 Å². The van der Waals surface area contributed by atoms with E-state index in [2.05, 4.69) is 20.4 Å². The van der Waals surface area contributed by atoms with Crippen LogP contribution < -0.4 is 10.1 Å². The Morgan fingerprint density at radius 2 is 1.56 bits per heavy atom. The third-order valence-corrected chi connectivity index (χ3v) is 7.21. The van der Waals surface area contributed by atoms with Gasteiger partial charge in [0.15, 0.2) is 24.7 Å². The molecule has 0 atom stereocenters. The van der Waals surface area contributed by atoms with Gasteiger partial charge in [-0.05, 0) is 30.3 Å². The highest BCUT2D eigenvalue weighted by atomic mass is 32.2. The number of ether oxygens (including phenoxy) is 1. The summed E-state index contributed by atoms with van der Waals surface area (Å²) in [4.78, 5) is 21.4. The third kappa shape index (κ3) is 5.26. The van der Waals surface area contributed by atoms with Crippen LogP contribution >= 0.6 is 0 Å². The molecular formula is C23H21N5O6S2. The maximum Gasteiger partial charge on any atom is 0.276 e. The minimum atomic E-state index is -3.70. The van der Waals surface area contributed by atoms with E-state index in [-0.39, 0.29) is 21.6 Å². The number of carbonyl (C=O) groups excluding carboxylic acids is 1. The molecule has 11 nitrogen and oxygen atoms in total. The van der Waals surface area contributed by atoms with Crippen molar-refractivity contribution < 1.29 is 26.4 Å². The lowest BCUT2D eigenvalue weighted by Crippen LogP contribution is -2.18. The fourth-order valence-electron chi connectivity index (χ4n) is 3.35. The Labute approximate surface area is 207 Å². The molecule has 4 aromatic rings. The van der Waals surface area contributed by atoms with E-state index >= 15 is 0 Å². The molecule has 0 aliphatic carbocycles. The fourth-order valence-corrected chi connectivity index (χ4v) is 4.82. The molecule has 0 fully saturated rings. The molecule has 2 aromatic carbocycles. The summed E-state index contributed by atoms with van der Waals surface area (Å²) < 4.78 is 54.7. The van der Waals surface area contributed by atoms with Gasteiger partial charge >= 0.3 is 0 Å². The van der Waals surface area contributed by atoms with Crippen LogP contribution in [0.5, 0.6) is 5.75 Å². The molecule has 186 valence electrons. The molecule has 2 heterocycles. The number of benzene rings is 2. The molecule has 0 aliphatic rings. The number of aromatic nitrogens is 4. The van der Waals surface area contributed by atoms with Crippen molar-refractivity contribution in [2.24, 2.45) is 0 Å². The molecule has 4 rings (SSSR count). The number of rotatable bonds is 7. The number of hydrogen-bond donors (Lipinski definition) is 1. The van der Waals surface area contributed by atoms with Gasteiger partial charge in [-0.3, -0.25) is 10.1 Å². The summed E-state index contributed by atoms with van der Waals surface area (Å²) in [6.45, 7) is 0. The van der Waals surface area contributed by atoms with E-state index < -0.39 is 25.6 Å². The molecule has 1 amide bonds. The summed E-state index contributed by atoms with van der Waals surface area (Å²) in [5.74, 6) is -0.187. The quantitative estimate of drug-likeness (QED) is 0.382. The predicted molar refractivity (Wildman–Crippen MR) is 132 cm³/mol. The number of hydrogen-bond acceptors (Lipinski definition) is 9. The van der Waals surface area contributed by atoms with Crippen LogP contribution in [0.4, 0.5) is 5.95 Å². The zero-order chi connectivity index (χ0) is 26.1. The first kappa shape index (κ1) is 25.0. The van der Waals surface area contributed by atoms with Gasteiger partial charge in [0.1, 0.15) is 11.4 Å². The summed E-state index contributed by atoms with van der Waals surface area (Å²) >= 11 is 0. The van der Waals surface area contributed by atoms with Crippen LogP contribution in [0.2, 0.25) is 0 Å². The molecule has 0 aliphatic heterocycles. The largest absolute Gasteiger partial charge is 0.497 e. The molecule has 2 aromatic heterocycles. The lowest BCUT2D eigenvalue weighted by atomic mass is 10.1. The van der Waals surface area contributed by atoms with E-state index in [0.717, 1.165) is 18.6 Å². The summed E-state index contributed by atoms with van der Waals surface area (Å²) in [6, 6.07) is 14.1. The summed E-state index contributed by atoms with van der Waals surface area (Å²) in [5.41, 5.74) is 1.24. The first-order valence-electron chi connectivity index (χ1n) is 10.3. The van der Waals surface area contributed by atoms with E-state index in [1.165, 1.54) is 30.3 Å². The number of methoxy groups -OCH3 is 1. The van der Waals surface area contributed by atoms with Gasteiger partial charge in [-0.1, -0.05) is 18.2 Å². The first-order valence-corrected chi connectivity index (χ1v) is 14.1. The van der Waals surface area contributed by atoms with Crippen molar-refractivity contribution in [3.63, 3.8) is 0 Å². The molecule has 0 radical (unpaired) electrons. The second-order valence-electron chi connectivity index (χ2n) is 7.77. The molecular weight excluding hydrogens is 506 g/mol. The molecule has 0 saturated carbocycles. The van der Waals surface area contributed by atoms with Crippen molar-refractivity contribution >= 4 is 31.5 Å². The monoisotopic (exact) mass is 527 g/mol. The minimum absolute atomic E-state index is 0.0595. The maximum atomic E-state index is 13.1. The smallest absolute Gasteiger partial charge is 0.276 e. The van der Waals surface area contributed by atoms with Crippen molar-refractivity contribution in [2.75, 3.05) is 24.9 Å². The molecule has 0 spiro atoms. The molecule has 0 unspecified atom stereocenters. The Morgan fingerprint density at radius 3 is 2.14 bits per heavy atom. The zero-order valence-electron chi connectivity index (χ0n) is 19.4. The number of nitrogens with one attached hydrogen (secondary N) is 1. The SMILES string of the molecule is COc1ccc(-n2nc(S(C)(=O)=O)cc2C(=O)Nc2ncc(-c3ccccc3S(C)(=O)=O)cn2)cc1. The van der Waals surface area contributed by atoms with Crippen molar-refractivity contribution in [2.45, 2.75) is 9.92 Å². The van der Waals surface area contributed by atoms with E-state index in [1.807, 2.05) is 0 Å². The predicted octanol–water partition coefficient (Wildman–Crippen LogP) is 2.40. The zero-order valence-corrected chi connectivity index (χ0v) is 21.0. The maximum absolute atomic E-state index is 13.1. The van der Waals surface area contributed by atoms with E-state index in [1.54, 1.807) is 42.5 Å².